The van der Waals surface area contributed by atoms with Crippen LogP contribution >= 0.6 is 0 Å². The van der Waals surface area contributed by atoms with E-state index < -0.39 is 5.69 Å². The molecule has 0 unspecified atom stereocenters. The number of carbonyl (C=O) groups is 2. The van der Waals surface area contributed by atoms with Gasteiger partial charge in [0.1, 0.15) is 12.4 Å². The van der Waals surface area contributed by atoms with Gasteiger partial charge in [-0.1, -0.05) is 29.8 Å². The molecule has 0 atom stereocenters. The first-order valence-corrected chi connectivity index (χ1v) is 11.7. The van der Waals surface area contributed by atoms with Crippen LogP contribution in [0.15, 0.2) is 47.3 Å². The Morgan fingerprint density at radius 1 is 1.12 bits per heavy atom. The first-order valence-electron chi connectivity index (χ1n) is 11.7. The van der Waals surface area contributed by atoms with Gasteiger partial charge in [-0.2, -0.15) is 4.98 Å². The van der Waals surface area contributed by atoms with Crippen LogP contribution in [0.4, 0.5) is 11.5 Å². The van der Waals surface area contributed by atoms with Crippen molar-refractivity contribution in [3.8, 4) is 0 Å². The number of ether oxygens (including phenoxy) is 1. The molecule has 2 heterocycles. The number of carbonyl (C=O) groups excluding carboxylic acids is 2. The summed E-state index contributed by atoms with van der Waals surface area (Å²) in [5, 5.41) is 3.70. The van der Waals surface area contributed by atoms with Crippen LogP contribution in [0.3, 0.4) is 0 Å². The minimum atomic E-state index is -0.475. The van der Waals surface area contributed by atoms with Crippen molar-refractivity contribution in [3.63, 3.8) is 0 Å². The molecular weight excluding hydrogens is 432 g/mol. The molecule has 0 saturated carbocycles. The first kappa shape index (κ1) is 23.5. The highest BCUT2D eigenvalue weighted by Crippen LogP contribution is 2.28. The minimum absolute atomic E-state index is 0.128. The fourth-order valence-electron chi connectivity index (χ4n) is 4.48. The third-order valence-electron chi connectivity index (χ3n) is 6.24. The number of hydrogen-bond donors (Lipinski definition) is 1. The van der Waals surface area contributed by atoms with E-state index >= 15 is 0 Å². The molecule has 1 aliphatic rings. The average molecular weight is 463 g/mol. The molecule has 1 saturated heterocycles. The Hall–Kier alpha value is -3.68. The molecule has 1 aromatic heterocycles. The maximum atomic E-state index is 13.0. The Bertz CT molecular complexity index is 1280. The smallest absolute Gasteiger partial charge is 0.350 e. The highest BCUT2D eigenvalue weighted by molar-refractivity contribution is 5.94. The highest BCUT2D eigenvalue weighted by Gasteiger charge is 2.28. The van der Waals surface area contributed by atoms with Gasteiger partial charge in [0, 0.05) is 24.2 Å². The Labute approximate surface area is 198 Å². The van der Waals surface area contributed by atoms with Crippen molar-refractivity contribution >= 4 is 34.3 Å². The van der Waals surface area contributed by atoms with Crippen LogP contribution in [0.2, 0.25) is 0 Å². The average Bonchev–Trinajstić information content (AvgIpc) is 2.83. The molecule has 8 heteroatoms. The lowest BCUT2D eigenvalue weighted by molar-refractivity contribution is -0.148. The van der Waals surface area contributed by atoms with Crippen LogP contribution in [0.25, 0.3) is 10.9 Å². The molecule has 8 nitrogen and oxygen atoms in total. The fraction of sp³-hybridized carbons (Fsp3) is 0.385. The molecule has 1 amide bonds. The highest BCUT2D eigenvalue weighted by atomic mass is 16.5. The predicted molar refractivity (Wildman–Crippen MR) is 132 cm³/mol. The second-order valence-corrected chi connectivity index (χ2v) is 8.70. The summed E-state index contributed by atoms with van der Waals surface area (Å²) in [6.07, 6.45) is 1.30. The molecule has 0 bridgehead atoms. The lowest BCUT2D eigenvalue weighted by Crippen LogP contribution is -2.39. The first-order chi connectivity index (χ1) is 16.4. The number of nitrogens with zero attached hydrogens (tertiary/aromatic N) is 3. The maximum absolute atomic E-state index is 13.0. The van der Waals surface area contributed by atoms with Gasteiger partial charge in [-0.25, -0.2) is 4.79 Å². The van der Waals surface area contributed by atoms with Crippen LogP contribution in [0.5, 0.6) is 0 Å². The number of benzene rings is 2. The molecule has 0 aliphatic carbocycles. The van der Waals surface area contributed by atoms with Gasteiger partial charge in [0.25, 0.3) is 0 Å². The van der Waals surface area contributed by atoms with Gasteiger partial charge in [0.05, 0.1) is 18.0 Å². The number of piperidine rings is 1. The number of rotatable bonds is 6. The van der Waals surface area contributed by atoms with E-state index in [1.165, 1.54) is 4.57 Å². The quantitative estimate of drug-likeness (QED) is 0.564. The number of esters is 1. The van der Waals surface area contributed by atoms with Crippen molar-refractivity contribution in [3.05, 3.63) is 64.1 Å². The number of anilines is 2. The Kier molecular flexibility index (Phi) is 6.95. The van der Waals surface area contributed by atoms with Crippen molar-refractivity contribution in [1.82, 2.24) is 9.55 Å². The summed E-state index contributed by atoms with van der Waals surface area (Å²) in [7, 11) is 0. The van der Waals surface area contributed by atoms with E-state index in [1.807, 2.05) is 61.2 Å². The Morgan fingerprint density at radius 3 is 2.56 bits per heavy atom. The molecular formula is C26H30N4O4. The molecule has 3 aromatic rings. The number of fused-ring (bicyclic) bond motifs is 1. The van der Waals surface area contributed by atoms with E-state index in [4.69, 9.17) is 4.74 Å². The second kappa shape index (κ2) is 10.1. The van der Waals surface area contributed by atoms with E-state index in [-0.39, 0.29) is 24.3 Å². The second-order valence-electron chi connectivity index (χ2n) is 8.70. The molecule has 178 valence electrons. The number of aromatic nitrogens is 2. The zero-order chi connectivity index (χ0) is 24.2. The number of nitrogens with one attached hydrogen (secondary N) is 1. The van der Waals surface area contributed by atoms with Gasteiger partial charge < -0.3 is 15.0 Å². The molecule has 1 fully saturated rings. The lowest BCUT2D eigenvalue weighted by Gasteiger charge is -2.32. The summed E-state index contributed by atoms with van der Waals surface area (Å²) in [4.78, 5) is 44.3. The molecule has 1 N–H and O–H groups in total. The molecule has 34 heavy (non-hydrogen) atoms. The van der Waals surface area contributed by atoms with Gasteiger partial charge >= 0.3 is 11.7 Å². The Morgan fingerprint density at radius 2 is 1.85 bits per heavy atom. The molecule has 0 spiro atoms. The molecule has 0 radical (unpaired) electrons. The number of para-hydroxylation sites is 1. The van der Waals surface area contributed by atoms with Crippen molar-refractivity contribution in [2.24, 2.45) is 5.92 Å². The third kappa shape index (κ3) is 4.95. The number of hydrogen-bond acceptors (Lipinski definition) is 6. The SMILES string of the molecule is CCOC(=O)C1CCN(c2nc(=O)n(CC(=O)Nc3ccc(C)cc3C)c3ccccc23)CC1. The zero-order valence-corrected chi connectivity index (χ0v) is 19.8. The van der Waals surface area contributed by atoms with Crippen molar-refractivity contribution in [2.45, 2.75) is 40.2 Å². The van der Waals surface area contributed by atoms with E-state index in [0.717, 1.165) is 22.2 Å². The molecule has 4 rings (SSSR count). The third-order valence-corrected chi connectivity index (χ3v) is 6.24. The number of aryl methyl sites for hydroxylation is 2. The van der Waals surface area contributed by atoms with Crippen molar-refractivity contribution in [2.75, 3.05) is 29.9 Å². The zero-order valence-electron chi connectivity index (χ0n) is 19.8. The van der Waals surface area contributed by atoms with Crippen LogP contribution in [-0.2, 0) is 20.9 Å². The standard InChI is InChI=1S/C26H30N4O4/c1-4-34-25(32)19-11-13-29(14-12-19)24-20-7-5-6-8-22(20)30(26(33)28-24)16-23(31)27-21-10-9-17(2)15-18(21)3/h5-10,15,19H,4,11-14,16H2,1-3H3,(H,27,31). The van der Waals surface area contributed by atoms with E-state index in [0.29, 0.717) is 43.9 Å². The van der Waals surface area contributed by atoms with E-state index in [9.17, 15) is 14.4 Å². The topological polar surface area (TPSA) is 93.5 Å². The largest absolute Gasteiger partial charge is 0.466 e. The summed E-state index contributed by atoms with van der Waals surface area (Å²) in [5.41, 5.74) is 2.98. The van der Waals surface area contributed by atoms with Gasteiger partial charge in [-0.15, -0.1) is 0 Å². The molecule has 1 aliphatic heterocycles. The predicted octanol–water partition coefficient (Wildman–Crippen LogP) is 3.43. The van der Waals surface area contributed by atoms with Crippen molar-refractivity contribution < 1.29 is 14.3 Å². The summed E-state index contributed by atoms with van der Waals surface area (Å²) in [6.45, 7) is 7.20. The molecule has 2 aromatic carbocycles. The van der Waals surface area contributed by atoms with E-state index in [1.54, 1.807) is 6.92 Å². The minimum Gasteiger partial charge on any atom is -0.466 e. The maximum Gasteiger partial charge on any atom is 0.350 e. The van der Waals surface area contributed by atoms with Crippen LogP contribution in [0.1, 0.15) is 30.9 Å². The van der Waals surface area contributed by atoms with Crippen LogP contribution < -0.4 is 15.9 Å². The summed E-state index contributed by atoms with van der Waals surface area (Å²) in [6, 6.07) is 13.3. The lowest BCUT2D eigenvalue weighted by atomic mass is 9.97. The van der Waals surface area contributed by atoms with Crippen LogP contribution in [0, 0.1) is 19.8 Å². The van der Waals surface area contributed by atoms with Crippen LogP contribution in [-0.4, -0.2) is 41.1 Å². The number of amides is 1. The summed E-state index contributed by atoms with van der Waals surface area (Å²) in [5.74, 6) is 0.0138. The van der Waals surface area contributed by atoms with Crippen molar-refractivity contribution in [1.29, 1.82) is 0 Å². The van der Waals surface area contributed by atoms with Gasteiger partial charge in [0.15, 0.2) is 0 Å². The monoisotopic (exact) mass is 462 g/mol. The summed E-state index contributed by atoms with van der Waals surface area (Å²) < 4.78 is 6.56. The van der Waals surface area contributed by atoms with Gasteiger partial charge in [-0.05, 0) is 57.4 Å². The Balaban J connectivity index is 1.57. The van der Waals surface area contributed by atoms with Gasteiger partial charge in [-0.3, -0.25) is 14.2 Å². The van der Waals surface area contributed by atoms with E-state index in [2.05, 4.69) is 10.3 Å². The fourth-order valence-corrected chi connectivity index (χ4v) is 4.48. The normalized spacial score (nSPS) is 14.3. The summed E-state index contributed by atoms with van der Waals surface area (Å²) >= 11 is 0. The van der Waals surface area contributed by atoms with Gasteiger partial charge in [0.2, 0.25) is 5.91 Å².